The van der Waals surface area contributed by atoms with E-state index < -0.39 is 17.8 Å². The smallest absolute Gasteiger partial charge is 0.310 e. The van der Waals surface area contributed by atoms with Gasteiger partial charge in [-0.05, 0) is 37.3 Å². The van der Waals surface area contributed by atoms with Crippen molar-refractivity contribution in [1.29, 1.82) is 0 Å². The number of unbranched alkanes of at least 4 members (excludes halogenated alkanes) is 3. The van der Waals surface area contributed by atoms with Gasteiger partial charge in [-0.25, -0.2) is 0 Å². The van der Waals surface area contributed by atoms with Crippen molar-refractivity contribution in [2.45, 2.75) is 45.1 Å². The van der Waals surface area contributed by atoms with Gasteiger partial charge in [-0.1, -0.05) is 24.6 Å². The lowest BCUT2D eigenvalue weighted by Crippen LogP contribution is -2.23. The number of rotatable bonds is 11. The molecule has 1 aromatic rings. The molecule has 1 N–H and O–H groups in total. The summed E-state index contributed by atoms with van der Waals surface area (Å²) >= 11 is 0. The summed E-state index contributed by atoms with van der Waals surface area (Å²) in [6, 6.07) is 5.85. The van der Waals surface area contributed by atoms with Crippen LogP contribution in [0.15, 0.2) is 42.5 Å². The van der Waals surface area contributed by atoms with Crippen LogP contribution in [-0.2, 0) is 32.1 Å². The molecule has 0 radical (unpaired) electrons. The van der Waals surface area contributed by atoms with E-state index >= 15 is 0 Å². The highest BCUT2D eigenvalue weighted by Gasteiger charge is 2.23. The Bertz CT molecular complexity index is 751. The van der Waals surface area contributed by atoms with Crippen molar-refractivity contribution in [2.24, 2.45) is 0 Å². The summed E-state index contributed by atoms with van der Waals surface area (Å²) in [4.78, 5) is 34.4. The zero-order valence-electron chi connectivity index (χ0n) is 15.6. The summed E-state index contributed by atoms with van der Waals surface area (Å²) < 4.78 is 10.6. The predicted molar refractivity (Wildman–Crippen MR) is 101 cm³/mol. The van der Waals surface area contributed by atoms with E-state index in [2.05, 4.69) is 11.9 Å². The van der Waals surface area contributed by atoms with Crippen molar-refractivity contribution in [1.82, 2.24) is 5.32 Å². The van der Waals surface area contributed by atoms with Crippen LogP contribution in [0.3, 0.4) is 0 Å². The maximum absolute atomic E-state index is 11.9. The topological polar surface area (TPSA) is 81.7 Å². The summed E-state index contributed by atoms with van der Waals surface area (Å²) in [5.74, 6) is -0.963. The number of aryl methyl sites for hydroxylation is 1. The number of ether oxygens (including phenoxy) is 2. The first-order chi connectivity index (χ1) is 13.0. The Morgan fingerprint density at radius 3 is 2.70 bits per heavy atom. The maximum atomic E-state index is 11.9. The Labute approximate surface area is 159 Å². The Balaban J connectivity index is 1.85. The molecule has 0 atom stereocenters. The lowest BCUT2D eigenvalue weighted by Gasteiger charge is -2.11. The number of esters is 1. The molecule has 2 amide bonds. The standard InChI is InChI=1S/C21H25NO5/c1-3-4-5-6-7-8-15-9-10-16(18(11-15)26-2)14-27-20(24)13-17-12-19(23)22-21(17)25/h3,9-12H,1,4-8,13-14H2,2H3,(H,22,23,25). The Hall–Kier alpha value is -2.89. The molecule has 0 saturated heterocycles. The Kier molecular flexibility index (Phi) is 7.79. The first-order valence-electron chi connectivity index (χ1n) is 9.01. The van der Waals surface area contributed by atoms with Gasteiger partial charge < -0.3 is 9.47 Å². The van der Waals surface area contributed by atoms with Gasteiger partial charge in [0.15, 0.2) is 0 Å². The highest BCUT2D eigenvalue weighted by atomic mass is 16.5. The number of hydrogen-bond acceptors (Lipinski definition) is 5. The molecule has 27 heavy (non-hydrogen) atoms. The number of allylic oxidation sites excluding steroid dienone is 1. The summed E-state index contributed by atoms with van der Waals surface area (Å²) in [6.45, 7) is 3.77. The van der Waals surface area contributed by atoms with Crippen molar-refractivity contribution in [2.75, 3.05) is 7.11 Å². The lowest BCUT2D eigenvalue weighted by atomic mass is 10.0. The number of hydrogen-bond donors (Lipinski definition) is 1. The highest BCUT2D eigenvalue weighted by molar-refractivity contribution is 6.17. The first-order valence-corrected chi connectivity index (χ1v) is 9.01. The van der Waals surface area contributed by atoms with Gasteiger partial charge in [0.1, 0.15) is 12.4 Å². The maximum Gasteiger partial charge on any atom is 0.310 e. The van der Waals surface area contributed by atoms with Crippen LogP contribution in [0.5, 0.6) is 5.75 Å². The zero-order valence-corrected chi connectivity index (χ0v) is 15.6. The molecular formula is C21H25NO5. The van der Waals surface area contributed by atoms with Crippen LogP contribution < -0.4 is 10.1 Å². The van der Waals surface area contributed by atoms with E-state index in [1.165, 1.54) is 5.56 Å². The van der Waals surface area contributed by atoms with Gasteiger partial charge in [-0.15, -0.1) is 6.58 Å². The van der Waals surface area contributed by atoms with Crippen molar-refractivity contribution in [3.05, 3.63) is 53.6 Å². The number of carbonyl (C=O) groups is 3. The van der Waals surface area contributed by atoms with Crippen LogP contribution in [0.25, 0.3) is 0 Å². The normalized spacial score (nSPS) is 13.1. The number of amides is 2. The lowest BCUT2D eigenvalue weighted by molar-refractivity contribution is -0.144. The molecule has 0 unspecified atom stereocenters. The number of nitrogens with one attached hydrogen (secondary N) is 1. The van der Waals surface area contributed by atoms with E-state index in [1.807, 2.05) is 24.3 Å². The van der Waals surface area contributed by atoms with E-state index in [9.17, 15) is 14.4 Å². The Morgan fingerprint density at radius 1 is 1.22 bits per heavy atom. The number of carbonyl (C=O) groups excluding carboxylic acids is 3. The minimum atomic E-state index is -0.570. The van der Waals surface area contributed by atoms with Crippen molar-refractivity contribution in [3.8, 4) is 5.75 Å². The molecule has 0 fully saturated rings. The fourth-order valence-corrected chi connectivity index (χ4v) is 2.81. The van der Waals surface area contributed by atoms with Crippen LogP contribution in [0.2, 0.25) is 0 Å². The summed E-state index contributed by atoms with van der Waals surface area (Å²) in [5, 5.41) is 2.10. The third-order valence-corrected chi connectivity index (χ3v) is 4.28. The largest absolute Gasteiger partial charge is 0.496 e. The molecule has 1 aromatic carbocycles. The quantitative estimate of drug-likeness (QED) is 0.280. The molecule has 144 valence electrons. The van der Waals surface area contributed by atoms with Gasteiger partial charge in [0.25, 0.3) is 11.8 Å². The molecule has 1 aliphatic rings. The SMILES string of the molecule is C=CCCCCCc1ccc(COC(=O)CC2=CC(=O)NC2=O)c(OC)c1. The van der Waals surface area contributed by atoms with Crippen LogP contribution in [0.4, 0.5) is 0 Å². The highest BCUT2D eigenvalue weighted by Crippen LogP contribution is 2.23. The van der Waals surface area contributed by atoms with E-state index in [0.29, 0.717) is 5.75 Å². The summed E-state index contributed by atoms with van der Waals surface area (Å²) in [5.41, 5.74) is 2.04. The van der Waals surface area contributed by atoms with Crippen LogP contribution in [-0.4, -0.2) is 24.9 Å². The van der Waals surface area contributed by atoms with E-state index in [0.717, 1.165) is 43.7 Å². The zero-order chi connectivity index (χ0) is 19.6. The predicted octanol–water partition coefficient (Wildman–Crippen LogP) is 3.00. The molecule has 6 nitrogen and oxygen atoms in total. The third kappa shape index (κ3) is 6.40. The monoisotopic (exact) mass is 371 g/mol. The second-order valence-electron chi connectivity index (χ2n) is 6.36. The summed E-state index contributed by atoms with van der Waals surface area (Å²) in [6.07, 6.45) is 8.23. The molecule has 6 heteroatoms. The minimum absolute atomic E-state index is 0.0461. The Morgan fingerprint density at radius 2 is 2.04 bits per heavy atom. The van der Waals surface area contributed by atoms with Crippen molar-refractivity contribution >= 4 is 17.8 Å². The fraction of sp³-hybridized carbons (Fsp3) is 0.381. The molecular weight excluding hydrogens is 346 g/mol. The van der Waals surface area contributed by atoms with Gasteiger partial charge in [-0.2, -0.15) is 0 Å². The van der Waals surface area contributed by atoms with E-state index in [1.54, 1.807) is 7.11 Å². The molecule has 0 bridgehead atoms. The van der Waals surface area contributed by atoms with Gasteiger partial charge in [0.05, 0.1) is 13.5 Å². The van der Waals surface area contributed by atoms with Crippen LogP contribution in [0.1, 0.15) is 43.2 Å². The number of methoxy groups -OCH3 is 1. The van der Waals surface area contributed by atoms with E-state index in [4.69, 9.17) is 9.47 Å². The van der Waals surface area contributed by atoms with Gasteiger partial charge in [-0.3, -0.25) is 19.7 Å². The van der Waals surface area contributed by atoms with Crippen LogP contribution in [0, 0.1) is 0 Å². The number of benzene rings is 1. The second-order valence-corrected chi connectivity index (χ2v) is 6.36. The van der Waals surface area contributed by atoms with Crippen LogP contribution >= 0.6 is 0 Å². The molecule has 1 aliphatic heterocycles. The van der Waals surface area contributed by atoms with Gasteiger partial charge in [0, 0.05) is 17.2 Å². The number of imide groups is 1. The fourth-order valence-electron chi connectivity index (χ4n) is 2.81. The van der Waals surface area contributed by atoms with E-state index in [-0.39, 0.29) is 18.6 Å². The third-order valence-electron chi connectivity index (χ3n) is 4.28. The molecule has 0 saturated carbocycles. The average Bonchev–Trinajstić information content (AvgIpc) is 2.97. The van der Waals surface area contributed by atoms with Gasteiger partial charge >= 0.3 is 5.97 Å². The molecule has 0 aliphatic carbocycles. The second kappa shape index (κ2) is 10.3. The molecule has 0 spiro atoms. The van der Waals surface area contributed by atoms with Gasteiger partial charge in [0.2, 0.25) is 0 Å². The van der Waals surface area contributed by atoms with Crippen molar-refractivity contribution in [3.63, 3.8) is 0 Å². The first kappa shape index (κ1) is 20.4. The molecule has 2 rings (SSSR count). The average molecular weight is 371 g/mol. The summed E-state index contributed by atoms with van der Waals surface area (Å²) in [7, 11) is 1.58. The minimum Gasteiger partial charge on any atom is -0.496 e. The van der Waals surface area contributed by atoms with Crippen molar-refractivity contribution < 1.29 is 23.9 Å². The molecule has 0 aromatic heterocycles. The molecule has 1 heterocycles.